The predicted octanol–water partition coefficient (Wildman–Crippen LogP) is 3.64. The molecule has 2 rings (SSSR count). The Morgan fingerprint density at radius 1 is 1.12 bits per heavy atom. The van der Waals surface area contributed by atoms with Crippen LogP contribution in [0.25, 0.3) is 11.1 Å². The number of hydrogen-bond donors (Lipinski definition) is 1. The number of aryl methyl sites for hydroxylation is 1. The van der Waals surface area contributed by atoms with Crippen molar-refractivity contribution in [2.45, 2.75) is 13.8 Å². The van der Waals surface area contributed by atoms with E-state index in [-0.39, 0.29) is 0 Å². The van der Waals surface area contributed by atoms with Crippen molar-refractivity contribution >= 4 is 5.69 Å². The minimum absolute atomic E-state index is 0.685. The summed E-state index contributed by atoms with van der Waals surface area (Å²) in [6.07, 6.45) is 0. The van der Waals surface area contributed by atoms with Crippen LogP contribution in [0.15, 0.2) is 42.5 Å². The number of anilines is 1. The highest BCUT2D eigenvalue weighted by Crippen LogP contribution is 2.27. The monoisotopic (exact) mass is 227 g/mol. The van der Waals surface area contributed by atoms with Gasteiger partial charge >= 0.3 is 0 Å². The van der Waals surface area contributed by atoms with Crippen LogP contribution in [0, 0.1) is 6.92 Å². The van der Waals surface area contributed by atoms with E-state index < -0.39 is 0 Å². The summed E-state index contributed by atoms with van der Waals surface area (Å²) in [6.45, 7) is 4.74. The summed E-state index contributed by atoms with van der Waals surface area (Å²) < 4.78 is 5.51. The number of rotatable bonds is 3. The molecule has 2 nitrogen and oxygen atoms in total. The summed E-state index contributed by atoms with van der Waals surface area (Å²) in [5.74, 6) is 0.904. The molecule has 0 atom stereocenters. The lowest BCUT2D eigenvalue weighted by Gasteiger charge is -2.09. The van der Waals surface area contributed by atoms with Crippen LogP contribution < -0.4 is 10.5 Å². The quantitative estimate of drug-likeness (QED) is 0.812. The molecule has 0 fully saturated rings. The molecule has 2 aromatic carbocycles. The average Bonchev–Trinajstić information content (AvgIpc) is 2.29. The fourth-order valence-electron chi connectivity index (χ4n) is 1.93. The average molecular weight is 227 g/mol. The summed E-state index contributed by atoms with van der Waals surface area (Å²) in [6, 6.07) is 14.1. The summed E-state index contributed by atoms with van der Waals surface area (Å²) in [7, 11) is 0. The minimum atomic E-state index is 0.685. The summed E-state index contributed by atoms with van der Waals surface area (Å²) >= 11 is 0. The first-order valence-electron chi connectivity index (χ1n) is 5.80. The maximum absolute atomic E-state index is 5.76. The van der Waals surface area contributed by atoms with Gasteiger partial charge in [0.25, 0.3) is 0 Å². The van der Waals surface area contributed by atoms with E-state index in [1.165, 1.54) is 11.1 Å². The standard InChI is InChI=1S/C15H17NO/c1-3-17-14-6-4-5-12(10-14)15-8-7-13(16)9-11(15)2/h4-10H,3,16H2,1-2H3. The lowest BCUT2D eigenvalue weighted by molar-refractivity contribution is 0.340. The zero-order chi connectivity index (χ0) is 12.3. The summed E-state index contributed by atoms with van der Waals surface area (Å²) in [5, 5.41) is 0. The molecule has 0 saturated carbocycles. The maximum atomic E-state index is 5.76. The van der Waals surface area contributed by atoms with Gasteiger partial charge < -0.3 is 10.5 Å². The van der Waals surface area contributed by atoms with Gasteiger partial charge in [-0.05, 0) is 54.8 Å². The van der Waals surface area contributed by atoms with Crippen molar-refractivity contribution in [3.05, 3.63) is 48.0 Å². The predicted molar refractivity (Wildman–Crippen MR) is 72.2 cm³/mol. The van der Waals surface area contributed by atoms with Crippen LogP contribution in [0.5, 0.6) is 5.75 Å². The van der Waals surface area contributed by atoms with Crippen molar-refractivity contribution in [2.75, 3.05) is 12.3 Å². The van der Waals surface area contributed by atoms with Crippen LogP contribution in [0.4, 0.5) is 5.69 Å². The first kappa shape index (κ1) is 11.5. The van der Waals surface area contributed by atoms with E-state index in [0.29, 0.717) is 6.61 Å². The van der Waals surface area contributed by atoms with Crippen molar-refractivity contribution < 1.29 is 4.74 Å². The van der Waals surface area contributed by atoms with Gasteiger partial charge in [-0.15, -0.1) is 0 Å². The molecule has 0 spiro atoms. The van der Waals surface area contributed by atoms with Crippen LogP contribution in [0.2, 0.25) is 0 Å². The molecule has 0 aliphatic heterocycles. The third kappa shape index (κ3) is 2.59. The van der Waals surface area contributed by atoms with Crippen LogP contribution in [0.3, 0.4) is 0 Å². The van der Waals surface area contributed by atoms with Gasteiger partial charge in [0.1, 0.15) is 5.75 Å². The maximum Gasteiger partial charge on any atom is 0.119 e. The lowest BCUT2D eigenvalue weighted by Crippen LogP contribution is -1.92. The first-order valence-corrected chi connectivity index (χ1v) is 5.80. The van der Waals surface area contributed by atoms with Crippen molar-refractivity contribution in [3.8, 4) is 16.9 Å². The minimum Gasteiger partial charge on any atom is -0.494 e. The summed E-state index contributed by atoms with van der Waals surface area (Å²) in [4.78, 5) is 0. The molecule has 2 heteroatoms. The normalized spacial score (nSPS) is 10.2. The van der Waals surface area contributed by atoms with Gasteiger partial charge in [-0.1, -0.05) is 18.2 Å². The van der Waals surface area contributed by atoms with E-state index in [4.69, 9.17) is 10.5 Å². The van der Waals surface area contributed by atoms with E-state index in [1.807, 2.05) is 31.2 Å². The topological polar surface area (TPSA) is 35.2 Å². The van der Waals surface area contributed by atoms with Crippen LogP contribution in [-0.2, 0) is 0 Å². The molecule has 17 heavy (non-hydrogen) atoms. The van der Waals surface area contributed by atoms with E-state index in [0.717, 1.165) is 17.0 Å². The fraction of sp³-hybridized carbons (Fsp3) is 0.200. The number of benzene rings is 2. The Bertz CT molecular complexity index is 520. The number of nitrogens with two attached hydrogens (primary N) is 1. The molecule has 0 radical (unpaired) electrons. The number of hydrogen-bond acceptors (Lipinski definition) is 2. The molecule has 0 aliphatic carbocycles. The van der Waals surface area contributed by atoms with E-state index >= 15 is 0 Å². The molecule has 0 unspecified atom stereocenters. The Labute approximate surface area is 102 Å². The van der Waals surface area contributed by atoms with Gasteiger partial charge in [-0.25, -0.2) is 0 Å². The molecule has 0 aromatic heterocycles. The van der Waals surface area contributed by atoms with Crippen LogP contribution >= 0.6 is 0 Å². The largest absolute Gasteiger partial charge is 0.494 e. The molecular weight excluding hydrogens is 210 g/mol. The fourth-order valence-corrected chi connectivity index (χ4v) is 1.93. The molecule has 0 amide bonds. The SMILES string of the molecule is CCOc1cccc(-c2ccc(N)cc2C)c1. The molecule has 2 aromatic rings. The summed E-state index contributed by atoms with van der Waals surface area (Å²) in [5.41, 5.74) is 10.1. The highest BCUT2D eigenvalue weighted by atomic mass is 16.5. The number of nitrogen functional groups attached to an aromatic ring is 1. The van der Waals surface area contributed by atoms with Gasteiger partial charge in [0.2, 0.25) is 0 Å². The first-order chi connectivity index (χ1) is 8.20. The van der Waals surface area contributed by atoms with Crippen molar-refractivity contribution in [1.82, 2.24) is 0 Å². The van der Waals surface area contributed by atoms with Gasteiger partial charge in [-0.2, -0.15) is 0 Å². The van der Waals surface area contributed by atoms with Gasteiger partial charge in [-0.3, -0.25) is 0 Å². The third-order valence-corrected chi connectivity index (χ3v) is 2.71. The van der Waals surface area contributed by atoms with Gasteiger partial charge in [0.05, 0.1) is 6.61 Å². The molecule has 0 aliphatic rings. The molecule has 2 N–H and O–H groups in total. The lowest BCUT2D eigenvalue weighted by atomic mass is 10.00. The smallest absolute Gasteiger partial charge is 0.119 e. The van der Waals surface area contributed by atoms with Gasteiger partial charge in [0, 0.05) is 5.69 Å². The van der Waals surface area contributed by atoms with Crippen LogP contribution in [0.1, 0.15) is 12.5 Å². The Morgan fingerprint density at radius 3 is 2.65 bits per heavy atom. The molecule has 0 bridgehead atoms. The van der Waals surface area contributed by atoms with E-state index in [1.54, 1.807) is 0 Å². The Balaban J connectivity index is 2.42. The zero-order valence-corrected chi connectivity index (χ0v) is 10.2. The van der Waals surface area contributed by atoms with Crippen molar-refractivity contribution in [1.29, 1.82) is 0 Å². The van der Waals surface area contributed by atoms with Crippen LogP contribution in [-0.4, -0.2) is 6.61 Å². The zero-order valence-electron chi connectivity index (χ0n) is 10.2. The van der Waals surface area contributed by atoms with Gasteiger partial charge in [0.15, 0.2) is 0 Å². The third-order valence-electron chi connectivity index (χ3n) is 2.71. The number of ether oxygens (including phenoxy) is 1. The van der Waals surface area contributed by atoms with Crippen molar-refractivity contribution in [3.63, 3.8) is 0 Å². The molecule has 88 valence electrons. The molecule has 0 heterocycles. The Kier molecular flexibility index (Phi) is 3.33. The van der Waals surface area contributed by atoms with E-state index in [2.05, 4.69) is 25.1 Å². The molecule has 0 saturated heterocycles. The second kappa shape index (κ2) is 4.91. The highest BCUT2D eigenvalue weighted by Gasteiger charge is 2.03. The van der Waals surface area contributed by atoms with E-state index in [9.17, 15) is 0 Å². The molecular formula is C15H17NO. The van der Waals surface area contributed by atoms with Crippen molar-refractivity contribution in [2.24, 2.45) is 0 Å². The Morgan fingerprint density at radius 2 is 1.94 bits per heavy atom. The highest BCUT2D eigenvalue weighted by molar-refractivity contribution is 5.70. The second-order valence-corrected chi connectivity index (χ2v) is 4.04. The Hall–Kier alpha value is -1.96. The second-order valence-electron chi connectivity index (χ2n) is 4.04.